The van der Waals surface area contributed by atoms with E-state index in [2.05, 4.69) is 48.4 Å². The summed E-state index contributed by atoms with van der Waals surface area (Å²) in [6.07, 6.45) is 1.57. The molecule has 32 heavy (non-hydrogen) atoms. The molecular formula is C26H27N3O2S. The summed E-state index contributed by atoms with van der Waals surface area (Å²) in [4.78, 5) is 31.8. The first-order valence-corrected chi connectivity index (χ1v) is 11.5. The molecule has 0 spiro atoms. The highest BCUT2D eigenvalue weighted by molar-refractivity contribution is 7.20. The molecule has 0 unspecified atom stereocenters. The Balaban J connectivity index is 1.64. The van der Waals surface area contributed by atoms with Crippen molar-refractivity contribution in [2.45, 2.75) is 47.1 Å². The van der Waals surface area contributed by atoms with Crippen molar-refractivity contribution in [1.29, 1.82) is 0 Å². The van der Waals surface area contributed by atoms with Gasteiger partial charge in [-0.25, -0.2) is 4.98 Å². The van der Waals surface area contributed by atoms with Crippen LogP contribution in [0.4, 0.5) is 5.69 Å². The van der Waals surface area contributed by atoms with E-state index in [4.69, 9.17) is 0 Å². The SMILES string of the molecule is Cc1ccc(NC(=O)c2sc3ncn(Cc4ccc(C(C)C)cc4)c(=O)c3c2C)c(C)c1. The lowest BCUT2D eigenvalue weighted by atomic mass is 10.0. The maximum absolute atomic E-state index is 13.2. The largest absolute Gasteiger partial charge is 0.321 e. The zero-order valence-corrected chi connectivity index (χ0v) is 19.8. The van der Waals surface area contributed by atoms with Crippen molar-refractivity contribution in [2.24, 2.45) is 0 Å². The Bertz CT molecular complexity index is 1360. The Morgan fingerprint density at radius 2 is 1.81 bits per heavy atom. The lowest BCUT2D eigenvalue weighted by molar-refractivity contribution is 0.103. The molecule has 5 nitrogen and oxygen atoms in total. The van der Waals surface area contributed by atoms with Crippen molar-refractivity contribution < 1.29 is 4.79 Å². The van der Waals surface area contributed by atoms with Gasteiger partial charge in [0.15, 0.2) is 0 Å². The second-order valence-electron chi connectivity index (χ2n) is 8.58. The molecule has 0 saturated carbocycles. The highest BCUT2D eigenvalue weighted by atomic mass is 32.1. The standard InChI is InChI=1S/C26H27N3O2S/c1-15(2)20-9-7-19(8-10-20)13-29-14-27-25-22(26(29)31)18(5)23(32-25)24(30)28-21-11-6-16(3)12-17(21)4/h6-12,14-15H,13H2,1-5H3,(H,28,30). The number of carbonyl (C=O) groups is 1. The van der Waals surface area contributed by atoms with E-state index < -0.39 is 0 Å². The van der Waals surface area contributed by atoms with Gasteiger partial charge in [-0.3, -0.25) is 14.2 Å². The molecule has 6 heteroatoms. The van der Waals surface area contributed by atoms with Crippen molar-refractivity contribution in [3.8, 4) is 0 Å². The summed E-state index contributed by atoms with van der Waals surface area (Å²) in [5.74, 6) is 0.249. The van der Waals surface area contributed by atoms with Gasteiger partial charge in [0.25, 0.3) is 11.5 Å². The fourth-order valence-corrected chi connectivity index (χ4v) is 4.86. The Hall–Kier alpha value is -3.25. The lowest BCUT2D eigenvalue weighted by Crippen LogP contribution is -2.21. The Morgan fingerprint density at radius 1 is 1.09 bits per heavy atom. The number of amides is 1. The van der Waals surface area contributed by atoms with Gasteiger partial charge in [-0.2, -0.15) is 0 Å². The van der Waals surface area contributed by atoms with Crippen molar-refractivity contribution in [2.75, 3.05) is 5.32 Å². The van der Waals surface area contributed by atoms with Crippen LogP contribution in [0.1, 0.15) is 57.3 Å². The summed E-state index contributed by atoms with van der Waals surface area (Å²) in [6.45, 7) is 10.6. The molecule has 4 rings (SSSR count). The number of benzene rings is 2. The minimum atomic E-state index is -0.215. The van der Waals surface area contributed by atoms with Crippen molar-refractivity contribution in [3.05, 3.63) is 91.8 Å². The molecule has 0 aliphatic carbocycles. The first kappa shape index (κ1) is 22.0. The van der Waals surface area contributed by atoms with Crippen LogP contribution >= 0.6 is 11.3 Å². The predicted octanol–water partition coefficient (Wildman–Crippen LogP) is 5.81. The van der Waals surface area contributed by atoms with Crippen LogP contribution in [0.2, 0.25) is 0 Å². The number of aromatic nitrogens is 2. The van der Waals surface area contributed by atoms with E-state index in [-0.39, 0.29) is 11.5 Å². The molecule has 0 fully saturated rings. The van der Waals surface area contributed by atoms with Crippen LogP contribution in [0.15, 0.2) is 53.6 Å². The molecule has 2 aromatic heterocycles. The number of carbonyl (C=O) groups excluding carboxylic acids is 1. The topological polar surface area (TPSA) is 64.0 Å². The molecule has 1 amide bonds. The molecule has 0 bridgehead atoms. The van der Waals surface area contributed by atoms with Crippen LogP contribution in [0.25, 0.3) is 10.2 Å². The number of hydrogen-bond donors (Lipinski definition) is 1. The smallest absolute Gasteiger partial charge is 0.266 e. The van der Waals surface area contributed by atoms with Gasteiger partial charge in [0.05, 0.1) is 23.1 Å². The van der Waals surface area contributed by atoms with Gasteiger partial charge in [0.2, 0.25) is 0 Å². The molecule has 0 aliphatic heterocycles. The number of rotatable bonds is 5. The minimum absolute atomic E-state index is 0.123. The van der Waals surface area contributed by atoms with Crippen LogP contribution in [-0.4, -0.2) is 15.5 Å². The normalized spacial score (nSPS) is 11.3. The molecule has 2 aromatic carbocycles. The van der Waals surface area contributed by atoms with E-state index in [1.165, 1.54) is 16.9 Å². The number of fused-ring (bicyclic) bond motifs is 1. The molecule has 1 N–H and O–H groups in total. The van der Waals surface area contributed by atoms with Gasteiger partial charge in [-0.15, -0.1) is 11.3 Å². The number of nitrogens with zero attached hydrogens (tertiary/aromatic N) is 2. The van der Waals surface area contributed by atoms with Crippen LogP contribution < -0.4 is 10.9 Å². The Kier molecular flexibility index (Phi) is 5.98. The fourth-order valence-electron chi connectivity index (χ4n) is 3.83. The zero-order valence-electron chi connectivity index (χ0n) is 19.0. The van der Waals surface area contributed by atoms with E-state index in [1.54, 1.807) is 10.9 Å². The third-order valence-corrected chi connectivity index (χ3v) is 6.95. The van der Waals surface area contributed by atoms with E-state index in [1.807, 2.05) is 39.0 Å². The lowest BCUT2D eigenvalue weighted by Gasteiger charge is -2.09. The summed E-state index contributed by atoms with van der Waals surface area (Å²) < 4.78 is 1.61. The Labute approximate surface area is 191 Å². The fraction of sp³-hybridized carbons (Fsp3) is 0.269. The first-order valence-electron chi connectivity index (χ1n) is 10.7. The molecular weight excluding hydrogens is 418 g/mol. The summed E-state index contributed by atoms with van der Waals surface area (Å²) in [7, 11) is 0. The molecule has 0 aliphatic rings. The maximum Gasteiger partial charge on any atom is 0.266 e. The molecule has 0 atom stereocenters. The Morgan fingerprint density at radius 3 is 2.47 bits per heavy atom. The molecule has 164 valence electrons. The number of hydrogen-bond acceptors (Lipinski definition) is 4. The average molecular weight is 446 g/mol. The van der Waals surface area contributed by atoms with Crippen molar-refractivity contribution in [1.82, 2.24) is 9.55 Å². The van der Waals surface area contributed by atoms with Crippen molar-refractivity contribution in [3.63, 3.8) is 0 Å². The number of nitrogens with one attached hydrogen (secondary N) is 1. The second kappa shape index (κ2) is 8.71. The number of thiophene rings is 1. The zero-order chi connectivity index (χ0) is 23.0. The van der Waals surface area contributed by atoms with Gasteiger partial charge in [-0.05, 0) is 55.0 Å². The third kappa shape index (κ3) is 4.23. The minimum Gasteiger partial charge on any atom is -0.321 e. The molecule has 0 saturated heterocycles. The highest BCUT2D eigenvalue weighted by Crippen LogP contribution is 2.28. The van der Waals surface area contributed by atoms with Gasteiger partial charge in [0.1, 0.15) is 4.83 Å². The van der Waals surface area contributed by atoms with E-state index >= 15 is 0 Å². The molecule has 0 radical (unpaired) electrons. The monoisotopic (exact) mass is 445 g/mol. The molecule has 2 heterocycles. The van der Waals surface area contributed by atoms with Gasteiger partial charge in [-0.1, -0.05) is 55.8 Å². The summed E-state index contributed by atoms with van der Waals surface area (Å²) in [6, 6.07) is 14.2. The van der Waals surface area contributed by atoms with E-state index in [9.17, 15) is 9.59 Å². The third-order valence-electron chi connectivity index (χ3n) is 5.75. The van der Waals surface area contributed by atoms with Gasteiger partial charge < -0.3 is 5.32 Å². The van der Waals surface area contributed by atoms with Crippen LogP contribution in [0.5, 0.6) is 0 Å². The van der Waals surface area contributed by atoms with Crippen LogP contribution in [0, 0.1) is 20.8 Å². The predicted molar refractivity (Wildman–Crippen MR) is 132 cm³/mol. The molecule has 4 aromatic rings. The highest BCUT2D eigenvalue weighted by Gasteiger charge is 2.20. The van der Waals surface area contributed by atoms with E-state index in [0.717, 1.165) is 22.4 Å². The van der Waals surface area contributed by atoms with Crippen molar-refractivity contribution >= 4 is 33.1 Å². The van der Waals surface area contributed by atoms with Gasteiger partial charge >= 0.3 is 0 Å². The van der Waals surface area contributed by atoms with E-state index in [0.29, 0.717) is 33.1 Å². The maximum atomic E-state index is 13.2. The van der Waals surface area contributed by atoms with Crippen LogP contribution in [0.3, 0.4) is 0 Å². The summed E-state index contributed by atoms with van der Waals surface area (Å²) in [5, 5.41) is 3.49. The average Bonchev–Trinajstić information content (AvgIpc) is 3.10. The number of aryl methyl sites for hydroxylation is 3. The quantitative estimate of drug-likeness (QED) is 0.422. The summed E-state index contributed by atoms with van der Waals surface area (Å²) >= 11 is 1.26. The first-order chi connectivity index (χ1) is 15.2. The second-order valence-corrected chi connectivity index (χ2v) is 9.58. The van der Waals surface area contributed by atoms with Gasteiger partial charge in [0, 0.05) is 5.69 Å². The summed E-state index contributed by atoms with van der Waals surface area (Å²) in [5.41, 5.74) is 5.77. The number of anilines is 1. The van der Waals surface area contributed by atoms with Crippen LogP contribution in [-0.2, 0) is 6.54 Å².